The molecule has 0 spiro atoms. The van der Waals surface area contributed by atoms with Crippen LogP contribution in [-0.4, -0.2) is 55.3 Å². The van der Waals surface area contributed by atoms with Crippen molar-refractivity contribution < 1.29 is 9.53 Å². The zero-order valence-corrected chi connectivity index (χ0v) is 20.8. The first kappa shape index (κ1) is 24.5. The van der Waals surface area contributed by atoms with E-state index < -0.39 is 0 Å². The smallest absolute Gasteiger partial charge is 0.239 e. The van der Waals surface area contributed by atoms with E-state index in [4.69, 9.17) is 4.74 Å². The second kappa shape index (κ2) is 11.2. The second-order valence-corrected chi connectivity index (χ2v) is 9.07. The van der Waals surface area contributed by atoms with Crippen molar-refractivity contribution in [2.24, 2.45) is 0 Å². The van der Waals surface area contributed by atoms with E-state index >= 15 is 0 Å². The summed E-state index contributed by atoms with van der Waals surface area (Å²) in [4.78, 5) is 17.4. The van der Waals surface area contributed by atoms with E-state index in [9.17, 15) is 10.1 Å². The Labute approximate surface area is 207 Å². The number of nitrogens with zero attached hydrogens (tertiary/aromatic N) is 4. The molecule has 3 aromatic rings. The summed E-state index contributed by atoms with van der Waals surface area (Å²) in [6.07, 6.45) is 0. The van der Waals surface area contributed by atoms with Crippen LogP contribution in [0.4, 0.5) is 11.5 Å². The highest BCUT2D eigenvalue weighted by Gasteiger charge is 2.21. The van der Waals surface area contributed by atoms with E-state index in [1.54, 1.807) is 0 Å². The lowest BCUT2D eigenvalue weighted by atomic mass is 10.1. The Hall–Kier alpha value is -3.60. The maximum Gasteiger partial charge on any atom is 0.239 e. The third-order valence-corrected chi connectivity index (χ3v) is 6.58. The Morgan fingerprint density at radius 1 is 1.09 bits per heavy atom. The first-order chi connectivity index (χ1) is 17.0. The Morgan fingerprint density at radius 3 is 2.49 bits per heavy atom. The van der Waals surface area contributed by atoms with Gasteiger partial charge in [0.15, 0.2) is 0 Å². The Morgan fingerprint density at radius 2 is 1.77 bits per heavy atom. The van der Waals surface area contributed by atoms with Crippen LogP contribution in [0.2, 0.25) is 0 Å². The lowest BCUT2D eigenvalue weighted by molar-refractivity contribution is -0.117. The van der Waals surface area contributed by atoms with Crippen LogP contribution in [0, 0.1) is 25.2 Å². The summed E-state index contributed by atoms with van der Waals surface area (Å²) in [6, 6.07) is 20.7. The molecule has 182 valence electrons. The Bertz CT molecular complexity index is 1210. The highest BCUT2D eigenvalue weighted by atomic mass is 16.5. The fourth-order valence-corrected chi connectivity index (χ4v) is 4.61. The largest absolute Gasteiger partial charge is 0.378 e. The molecule has 0 radical (unpaired) electrons. The lowest BCUT2D eigenvalue weighted by Gasteiger charge is -2.31. The molecule has 1 saturated heterocycles. The number of carbonyl (C=O) groups excluding carboxylic acids is 1. The quantitative estimate of drug-likeness (QED) is 0.539. The van der Waals surface area contributed by atoms with Crippen molar-refractivity contribution in [1.82, 2.24) is 9.47 Å². The molecular formula is C28H33N5O2. The second-order valence-electron chi connectivity index (χ2n) is 9.07. The van der Waals surface area contributed by atoms with Gasteiger partial charge in [0, 0.05) is 37.6 Å². The third kappa shape index (κ3) is 5.73. The van der Waals surface area contributed by atoms with E-state index in [0.29, 0.717) is 24.5 Å². The van der Waals surface area contributed by atoms with Crippen molar-refractivity contribution in [3.05, 3.63) is 82.5 Å². The summed E-state index contributed by atoms with van der Waals surface area (Å²) in [5.41, 5.74) is 5.88. The lowest BCUT2D eigenvalue weighted by Crippen LogP contribution is -2.37. The number of nitriles is 1. The number of hydrogen-bond acceptors (Lipinski definition) is 5. The number of benzene rings is 2. The van der Waals surface area contributed by atoms with E-state index in [0.717, 1.165) is 43.1 Å². The molecule has 7 heteroatoms. The number of nitrogens with one attached hydrogen (secondary N) is 1. The fraction of sp³-hybridized carbons (Fsp3) is 0.357. The molecule has 1 N–H and O–H groups in total. The standard InChI is InChI=1S/C28H33N5O2/c1-21-22(2)33(18-23-9-5-4-6-10-23)28(25(21)17-29)30-27(34)20-31(3)19-24-11-7-8-12-26(24)32-13-15-35-16-14-32/h4-12H,13-16,18-20H2,1-3H3,(H,30,34). The van der Waals surface area contributed by atoms with Gasteiger partial charge in [-0.3, -0.25) is 9.69 Å². The zero-order chi connectivity index (χ0) is 24.8. The first-order valence-corrected chi connectivity index (χ1v) is 12.0. The topological polar surface area (TPSA) is 73.5 Å². The van der Waals surface area contributed by atoms with Crippen molar-refractivity contribution in [3.8, 4) is 6.07 Å². The van der Waals surface area contributed by atoms with Crippen molar-refractivity contribution in [2.75, 3.05) is 50.1 Å². The molecule has 1 amide bonds. The van der Waals surface area contributed by atoms with E-state index in [-0.39, 0.29) is 12.5 Å². The predicted molar refractivity (Wildman–Crippen MR) is 139 cm³/mol. The maximum atomic E-state index is 13.1. The van der Waals surface area contributed by atoms with Gasteiger partial charge in [0.1, 0.15) is 11.9 Å². The van der Waals surface area contributed by atoms with Gasteiger partial charge < -0.3 is 19.5 Å². The summed E-state index contributed by atoms with van der Waals surface area (Å²) < 4.78 is 7.52. The number of para-hydroxylation sites is 1. The van der Waals surface area contributed by atoms with Gasteiger partial charge >= 0.3 is 0 Å². The normalized spacial score (nSPS) is 13.6. The number of rotatable bonds is 8. The van der Waals surface area contributed by atoms with E-state index in [2.05, 4.69) is 34.5 Å². The summed E-state index contributed by atoms with van der Waals surface area (Å²) in [5, 5.41) is 12.8. The fourth-order valence-electron chi connectivity index (χ4n) is 4.61. The summed E-state index contributed by atoms with van der Waals surface area (Å²) in [7, 11) is 1.94. The van der Waals surface area contributed by atoms with Crippen LogP contribution < -0.4 is 10.2 Å². The molecular weight excluding hydrogens is 438 g/mol. The minimum absolute atomic E-state index is 0.139. The van der Waals surface area contributed by atoms with Crippen LogP contribution in [0.5, 0.6) is 0 Å². The van der Waals surface area contributed by atoms with Crippen LogP contribution >= 0.6 is 0 Å². The number of anilines is 2. The Kier molecular flexibility index (Phi) is 7.86. The number of likely N-dealkylation sites (N-methyl/N-ethyl adjacent to an activating group) is 1. The van der Waals surface area contributed by atoms with Gasteiger partial charge in [0.2, 0.25) is 5.91 Å². The molecule has 0 bridgehead atoms. The molecule has 2 aromatic carbocycles. The van der Waals surface area contributed by atoms with Crippen molar-refractivity contribution >= 4 is 17.4 Å². The molecule has 1 aliphatic heterocycles. The van der Waals surface area contributed by atoms with E-state index in [1.807, 2.05) is 66.8 Å². The van der Waals surface area contributed by atoms with Crippen LogP contribution in [0.25, 0.3) is 0 Å². The first-order valence-electron chi connectivity index (χ1n) is 12.0. The minimum atomic E-state index is -0.139. The maximum absolute atomic E-state index is 13.1. The Balaban J connectivity index is 1.47. The number of morpholine rings is 1. The molecule has 1 aromatic heterocycles. The number of hydrogen-bond donors (Lipinski definition) is 1. The van der Waals surface area contributed by atoms with Gasteiger partial charge in [-0.15, -0.1) is 0 Å². The number of carbonyl (C=O) groups is 1. The molecule has 2 heterocycles. The van der Waals surface area contributed by atoms with Crippen LogP contribution in [0.3, 0.4) is 0 Å². The highest BCUT2D eigenvalue weighted by Crippen LogP contribution is 2.28. The highest BCUT2D eigenvalue weighted by molar-refractivity contribution is 5.93. The molecule has 0 unspecified atom stereocenters. The van der Waals surface area contributed by atoms with Gasteiger partial charge in [-0.2, -0.15) is 5.26 Å². The van der Waals surface area contributed by atoms with Crippen molar-refractivity contribution in [1.29, 1.82) is 5.26 Å². The zero-order valence-electron chi connectivity index (χ0n) is 20.8. The van der Waals surface area contributed by atoms with Gasteiger partial charge in [0.25, 0.3) is 0 Å². The molecule has 1 fully saturated rings. The molecule has 4 rings (SSSR count). The molecule has 7 nitrogen and oxygen atoms in total. The summed E-state index contributed by atoms with van der Waals surface area (Å²) >= 11 is 0. The van der Waals surface area contributed by atoms with Gasteiger partial charge in [-0.1, -0.05) is 48.5 Å². The predicted octanol–water partition coefficient (Wildman–Crippen LogP) is 3.93. The molecule has 0 saturated carbocycles. The van der Waals surface area contributed by atoms with Gasteiger partial charge in [-0.25, -0.2) is 0 Å². The average Bonchev–Trinajstić information content (AvgIpc) is 3.09. The van der Waals surface area contributed by atoms with Crippen LogP contribution in [0.1, 0.15) is 27.9 Å². The molecule has 0 aliphatic carbocycles. The van der Waals surface area contributed by atoms with Crippen molar-refractivity contribution in [3.63, 3.8) is 0 Å². The third-order valence-electron chi connectivity index (χ3n) is 6.58. The van der Waals surface area contributed by atoms with E-state index in [1.165, 1.54) is 11.3 Å². The minimum Gasteiger partial charge on any atom is -0.378 e. The SMILES string of the molecule is Cc1c(C#N)c(NC(=O)CN(C)Cc2ccccc2N2CCOCC2)n(Cc2ccccc2)c1C. The molecule has 0 atom stereocenters. The molecule has 35 heavy (non-hydrogen) atoms. The van der Waals surface area contributed by atoms with Crippen LogP contribution in [-0.2, 0) is 22.6 Å². The molecule has 1 aliphatic rings. The van der Waals surface area contributed by atoms with Crippen molar-refractivity contribution in [2.45, 2.75) is 26.9 Å². The summed E-state index contributed by atoms with van der Waals surface area (Å²) in [5.74, 6) is 0.429. The van der Waals surface area contributed by atoms with Crippen LogP contribution in [0.15, 0.2) is 54.6 Å². The van der Waals surface area contributed by atoms with Gasteiger partial charge in [0.05, 0.1) is 25.3 Å². The summed E-state index contributed by atoms with van der Waals surface area (Å²) in [6.45, 7) is 8.58. The average molecular weight is 472 g/mol. The van der Waals surface area contributed by atoms with Gasteiger partial charge in [-0.05, 0) is 43.7 Å². The number of aromatic nitrogens is 1. The number of amides is 1. The monoisotopic (exact) mass is 471 g/mol. The number of ether oxygens (including phenoxy) is 1.